The lowest BCUT2D eigenvalue weighted by Crippen LogP contribution is -2.08. The Morgan fingerprint density at radius 3 is 2.58 bits per heavy atom. The fourth-order valence-corrected chi connectivity index (χ4v) is 1.33. The highest BCUT2D eigenvalue weighted by atomic mass is 127. The van der Waals surface area contributed by atoms with E-state index in [-0.39, 0.29) is 0 Å². The molecule has 2 nitrogen and oxygen atoms in total. The van der Waals surface area contributed by atoms with Gasteiger partial charge in [-0.1, -0.05) is 0 Å². The minimum absolute atomic E-state index is 0.738. The Bertz CT molecular complexity index is 326. The fraction of sp³-hybridized carbons (Fsp3) is 0.222. The van der Waals surface area contributed by atoms with Crippen molar-refractivity contribution in [2.75, 3.05) is 19.0 Å². The van der Waals surface area contributed by atoms with E-state index in [9.17, 15) is 0 Å². The SMILES string of the molecule is CN(C)c1ccc(I)c(C#N)c1. The molecule has 0 aliphatic heterocycles. The van der Waals surface area contributed by atoms with Gasteiger partial charge in [-0.3, -0.25) is 0 Å². The highest BCUT2D eigenvalue weighted by molar-refractivity contribution is 14.1. The van der Waals surface area contributed by atoms with Crippen LogP contribution >= 0.6 is 22.6 Å². The summed E-state index contributed by atoms with van der Waals surface area (Å²) in [5.41, 5.74) is 1.80. The third-order valence-electron chi connectivity index (χ3n) is 1.59. The van der Waals surface area contributed by atoms with Gasteiger partial charge in [0.1, 0.15) is 6.07 Å². The smallest absolute Gasteiger partial charge is 0.100 e. The molecular formula is C9H9IN2. The molecule has 0 radical (unpaired) electrons. The standard InChI is InChI=1S/C9H9IN2/c1-12(2)8-3-4-9(10)7(5-8)6-11/h3-5H,1-2H3. The second-order valence-corrected chi connectivity index (χ2v) is 3.83. The number of nitriles is 1. The summed E-state index contributed by atoms with van der Waals surface area (Å²) in [7, 11) is 3.92. The molecule has 0 aromatic heterocycles. The van der Waals surface area contributed by atoms with Gasteiger partial charge in [0.05, 0.1) is 5.56 Å². The highest BCUT2D eigenvalue weighted by Gasteiger charge is 2.00. The molecule has 1 aromatic rings. The summed E-state index contributed by atoms with van der Waals surface area (Å²) in [6.07, 6.45) is 0. The van der Waals surface area contributed by atoms with Crippen LogP contribution in [0, 0.1) is 14.9 Å². The molecule has 62 valence electrons. The van der Waals surface area contributed by atoms with Gasteiger partial charge in [-0.15, -0.1) is 0 Å². The predicted molar refractivity (Wildman–Crippen MR) is 58.2 cm³/mol. The molecule has 0 aliphatic rings. The van der Waals surface area contributed by atoms with Gasteiger partial charge in [-0.2, -0.15) is 5.26 Å². The van der Waals surface area contributed by atoms with Crippen LogP contribution in [0.1, 0.15) is 5.56 Å². The largest absolute Gasteiger partial charge is 0.378 e. The van der Waals surface area contributed by atoms with E-state index < -0.39 is 0 Å². The van der Waals surface area contributed by atoms with E-state index in [2.05, 4.69) is 28.7 Å². The van der Waals surface area contributed by atoms with Crippen molar-refractivity contribution in [2.45, 2.75) is 0 Å². The molecule has 0 unspecified atom stereocenters. The van der Waals surface area contributed by atoms with Crippen LogP contribution in [0.4, 0.5) is 5.69 Å². The van der Waals surface area contributed by atoms with E-state index >= 15 is 0 Å². The number of halogens is 1. The van der Waals surface area contributed by atoms with Crippen molar-refractivity contribution in [1.29, 1.82) is 5.26 Å². The van der Waals surface area contributed by atoms with Gasteiger partial charge in [0, 0.05) is 23.4 Å². The molecule has 12 heavy (non-hydrogen) atoms. The predicted octanol–water partition coefficient (Wildman–Crippen LogP) is 2.23. The average Bonchev–Trinajstić information content (AvgIpc) is 2.05. The summed E-state index contributed by atoms with van der Waals surface area (Å²) in [6.45, 7) is 0. The van der Waals surface area contributed by atoms with Crippen LogP contribution in [-0.4, -0.2) is 14.1 Å². The number of benzene rings is 1. The third-order valence-corrected chi connectivity index (χ3v) is 2.53. The minimum Gasteiger partial charge on any atom is -0.378 e. The lowest BCUT2D eigenvalue weighted by molar-refractivity contribution is 1.13. The molecule has 0 atom stereocenters. The van der Waals surface area contributed by atoms with E-state index in [1.54, 1.807) is 0 Å². The van der Waals surface area contributed by atoms with Crippen molar-refractivity contribution < 1.29 is 0 Å². The van der Waals surface area contributed by atoms with Crippen molar-refractivity contribution in [3.63, 3.8) is 0 Å². The van der Waals surface area contributed by atoms with Gasteiger partial charge in [0.2, 0.25) is 0 Å². The molecule has 0 bridgehead atoms. The first-order valence-electron chi connectivity index (χ1n) is 3.52. The zero-order chi connectivity index (χ0) is 9.14. The highest BCUT2D eigenvalue weighted by Crippen LogP contribution is 2.18. The van der Waals surface area contributed by atoms with E-state index in [4.69, 9.17) is 5.26 Å². The van der Waals surface area contributed by atoms with Crippen LogP contribution < -0.4 is 4.90 Å². The normalized spacial score (nSPS) is 9.17. The van der Waals surface area contributed by atoms with Crippen molar-refractivity contribution in [3.8, 4) is 6.07 Å². The zero-order valence-corrected chi connectivity index (χ0v) is 9.16. The maximum atomic E-state index is 8.75. The second-order valence-electron chi connectivity index (χ2n) is 2.67. The van der Waals surface area contributed by atoms with Crippen LogP contribution in [0.15, 0.2) is 18.2 Å². The molecule has 0 amide bonds. The molecule has 0 spiro atoms. The number of nitrogens with zero attached hydrogens (tertiary/aromatic N) is 2. The first kappa shape index (κ1) is 9.33. The van der Waals surface area contributed by atoms with Crippen LogP contribution in [-0.2, 0) is 0 Å². The van der Waals surface area contributed by atoms with Crippen LogP contribution in [0.3, 0.4) is 0 Å². The molecule has 1 rings (SSSR count). The Morgan fingerprint density at radius 1 is 1.42 bits per heavy atom. The minimum atomic E-state index is 0.738. The maximum absolute atomic E-state index is 8.75. The van der Waals surface area contributed by atoms with Crippen LogP contribution in [0.2, 0.25) is 0 Å². The van der Waals surface area contributed by atoms with Gasteiger partial charge in [-0.05, 0) is 40.8 Å². The summed E-state index contributed by atoms with van der Waals surface area (Å²) in [5.74, 6) is 0. The Morgan fingerprint density at radius 2 is 2.08 bits per heavy atom. The Balaban J connectivity index is 3.16. The van der Waals surface area contributed by atoms with Gasteiger partial charge < -0.3 is 4.90 Å². The van der Waals surface area contributed by atoms with Gasteiger partial charge in [0.25, 0.3) is 0 Å². The Hall–Kier alpha value is -0.760. The van der Waals surface area contributed by atoms with Crippen molar-refractivity contribution in [2.24, 2.45) is 0 Å². The number of rotatable bonds is 1. The molecule has 0 aliphatic carbocycles. The summed E-state index contributed by atoms with van der Waals surface area (Å²) >= 11 is 2.16. The lowest BCUT2D eigenvalue weighted by atomic mass is 10.2. The number of hydrogen-bond acceptors (Lipinski definition) is 2. The first-order chi connectivity index (χ1) is 5.65. The maximum Gasteiger partial charge on any atom is 0.100 e. The number of hydrogen-bond donors (Lipinski definition) is 0. The summed E-state index contributed by atoms with van der Waals surface area (Å²) < 4.78 is 1.00. The molecule has 3 heteroatoms. The zero-order valence-electron chi connectivity index (χ0n) is 7.00. The van der Waals surface area contributed by atoms with E-state index in [0.717, 1.165) is 14.8 Å². The summed E-state index contributed by atoms with van der Waals surface area (Å²) in [5, 5.41) is 8.75. The molecule has 0 heterocycles. The van der Waals surface area contributed by atoms with Crippen molar-refractivity contribution in [3.05, 3.63) is 27.3 Å². The fourth-order valence-electron chi connectivity index (χ4n) is 0.877. The first-order valence-corrected chi connectivity index (χ1v) is 4.60. The summed E-state index contributed by atoms with van der Waals surface area (Å²) in [4.78, 5) is 1.98. The molecular weight excluding hydrogens is 263 g/mol. The van der Waals surface area contributed by atoms with Crippen molar-refractivity contribution in [1.82, 2.24) is 0 Å². The quantitative estimate of drug-likeness (QED) is 0.733. The van der Waals surface area contributed by atoms with E-state index in [0.29, 0.717) is 0 Å². The monoisotopic (exact) mass is 272 g/mol. The van der Waals surface area contributed by atoms with Crippen LogP contribution in [0.25, 0.3) is 0 Å². The molecule has 0 saturated heterocycles. The Labute approximate surface area is 85.9 Å². The number of anilines is 1. The third kappa shape index (κ3) is 1.89. The van der Waals surface area contributed by atoms with E-state index in [1.165, 1.54) is 0 Å². The molecule has 1 aromatic carbocycles. The van der Waals surface area contributed by atoms with Gasteiger partial charge in [-0.25, -0.2) is 0 Å². The van der Waals surface area contributed by atoms with E-state index in [1.807, 2.05) is 37.2 Å². The lowest BCUT2D eigenvalue weighted by Gasteiger charge is -2.12. The van der Waals surface area contributed by atoms with Gasteiger partial charge >= 0.3 is 0 Å². The topological polar surface area (TPSA) is 27.0 Å². The molecule has 0 saturated carbocycles. The molecule has 0 fully saturated rings. The second kappa shape index (κ2) is 3.76. The van der Waals surface area contributed by atoms with Gasteiger partial charge in [0.15, 0.2) is 0 Å². The Kier molecular flexibility index (Phi) is 2.93. The molecule has 0 N–H and O–H groups in total. The summed E-state index contributed by atoms with van der Waals surface area (Å²) in [6, 6.07) is 8.00. The van der Waals surface area contributed by atoms with Crippen LogP contribution in [0.5, 0.6) is 0 Å². The van der Waals surface area contributed by atoms with Crippen molar-refractivity contribution >= 4 is 28.3 Å². The average molecular weight is 272 g/mol.